The van der Waals surface area contributed by atoms with Crippen molar-refractivity contribution in [2.24, 2.45) is 0 Å². The molecule has 0 saturated carbocycles. The zero-order valence-corrected chi connectivity index (χ0v) is 16.3. The molecule has 0 atom stereocenters. The first-order chi connectivity index (χ1) is 12.1. The van der Waals surface area contributed by atoms with Crippen molar-refractivity contribution in [3.63, 3.8) is 0 Å². The molecular formula is C18H15BrClN3OS. The van der Waals surface area contributed by atoms with E-state index in [9.17, 15) is 4.79 Å². The number of aromatic nitrogens is 2. The molecule has 1 N–H and O–H groups in total. The van der Waals surface area contributed by atoms with Crippen molar-refractivity contribution in [1.82, 2.24) is 9.78 Å². The van der Waals surface area contributed by atoms with Gasteiger partial charge >= 0.3 is 0 Å². The van der Waals surface area contributed by atoms with E-state index in [0.29, 0.717) is 18.0 Å². The summed E-state index contributed by atoms with van der Waals surface area (Å²) in [5.41, 5.74) is 0.800. The molecule has 0 spiro atoms. The van der Waals surface area contributed by atoms with Crippen LogP contribution in [0.2, 0.25) is 5.02 Å². The Kier molecular flexibility index (Phi) is 6.18. The van der Waals surface area contributed by atoms with Crippen molar-refractivity contribution < 1.29 is 4.79 Å². The van der Waals surface area contributed by atoms with Crippen molar-refractivity contribution in [2.75, 3.05) is 5.32 Å². The van der Waals surface area contributed by atoms with Gasteiger partial charge in [0.15, 0.2) is 0 Å². The number of hydrogen-bond donors (Lipinski definition) is 1. The average molecular weight is 437 g/mol. The minimum Gasteiger partial charge on any atom is -0.325 e. The van der Waals surface area contributed by atoms with Crippen LogP contribution in [0.3, 0.4) is 0 Å². The van der Waals surface area contributed by atoms with Gasteiger partial charge in [-0.05, 0) is 52.3 Å². The van der Waals surface area contributed by atoms with Gasteiger partial charge in [-0.3, -0.25) is 9.48 Å². The maximum absolute atomic E-state index is 12.3. The van der Waals surface area contributed by atoms with Crippen molar-refractivity contribution in [3.8, 4) is 0 Å². The molecule has 1 heterocycles. The van der Waals surface area contributed by atoms with Gasteiger partial charge in [0.05, 0.1) is 16.4 Å². The molecule has 0 saturated heterocycles. The maximum Gasteiger partial charge on any atom is 0.226 e. The SMILES string of the molecule is O=C(CCn1cc(Br)cn1)Nc1ccccc1Sc1ccc(Cl)cc1. The molecule has 0 aliphatic carbocycles. The average Bonchev–Trinajstić information content (AvgIpc) is 3.02. The molecule has 25 heavy (non-hydrogen) atoms. The molecule has 4 nitrogen and oxygen atoms in total. The van der Waals surface area contributed by atoms with Gasteiger partial charge in [0.2, 0.25) is 5.91 Å². The van der Waals surface area contributed by atoms with Gasteiger partial charge in [0.25, 0.3) is 0 Å². The number of halogens is 2. The lowest BCUT2D eigenvalue weighted by Gasteiger charge is -2.11. The third-order valence-electron chi connectivity index (χ3n) is 3.37. The summed E-state index contributed by atoms with van der Waals surface area (Å²) in [6.07, 6.45) is 3.90. The number of nitrogens with zero attached hydrogens (tertiary/aromatic N) is 2. The molecule has 0 fully saturated rings. The first-order valence-electron chi connectivity index (χ1n) is 7.60. The summed E-state index contributed by atoms with van der Waals surface area (Å²) >= 11 is 10.9. The number of carbonyl (C=O) groups is 1. The van der Waals surface area contributed by atoms with Crippen LogP contribution in [0.15, 0.2) is 75.2 Å². The van der Waals surface area contributed by atoms with Gasteiger partial charge in [-0.1, -0.05) is 35.5 Å². The molecule has 3 rings (SSSR count). The summed E-state index contributed by atoms with van der Waals surface area (Å²) in [7, 11) is 0. The summed E-state index contributed by atoms with van der Waals surface area (Å²) in [5, 5.41) is 7.84. The largest absolute Gasteiger partial charge is 0.325 e. The second kappa shape index (κ2) is 8.56. The van der Waals surface area contributed by atoms with Crippen molar-refractivity contribution in [2.45, 2.75) is 22.8 Å². The molecule has 1 amide bonds. The van der Waals surface area contributed by atoms with Crippen LogP contribution in [0, 0.1) is 0 Å². The molecule has 1 aromatic heterocycles. The Bertz CT molecular complexity index is 867. The quantitative estimate of drug-likeness (QED) is 0.556. The third-order valence-corrected chi connectivity index (χ3v) is 5.12. The lowest BCUT2D eigenvalue weighted by Crippen LogP contribution is -2.15. The van der Waals surface area contributed by atoms with Crippen LogP contribution in [-0.4, -0.2) is 15.7 Å². The van der Waals surface area contributed by atoms with E-state index in [0.717, 1.165) is 20.0 Å². The van der Waals surface area contributed by atoms with Crippen LogP contribution >= 0.6 is 39.3 Å². The molecule has 3 aromatic rings. The Morgan fingerprint density at radius 1 is 1.20 bits per heavy atom. The van der Waals surface area contributed by atoms with Crippen LogP contribution in [0.4, 0.5) is 5.69 Å². The number of rotatable bonds is 6. The number of amides is 1. The summed E-state index contributed by atoms with van der Waals surface area (Å²) in [6.45, 7) is 0.532. The molecule has 0 bridgehead atoms. The number of aryl methyl sites for hydroxylation is 1. The van der Waals surface area contributed by atoms with E-state index >= 15 is 0 Å². The molecule has 0 radical (unpaired) electrons. The Morgan fingerprint density at radius 2 is 1.96 bits per heavy atom. The fourth-order valence-corrected chi connectivity index (χ4v) is 3.53. The van der Waals surface area contributed by atoms with Gasteiger partial charge in [-0.25, -0.2) is 0 Å². The van der Waals surface area contributed by atoms with Gasteiger partial charge in [-0.2, -0.15) is 5.10 Å². The van der Waals surface area contributed by atoms with Crippen LogP contribution in [0.1, 0.15) is 6.42 Å². The summed E-state index contributed by atoms with van der Waals surface area (Å²) in [5.74, 6) is -0.0456. The molecule has 0 aliphatic rings. The highest BCUT2D eigenvalue weighted by molar-refractivity contribution is 9.10. The monoisotopic (exact) mass is 435 g/mol. The van der Waals surface area contributed by atoms with E-state index in [1.54, 1.807) is 22.6 Å². The molecule has 2 aromatic carbocycles. The number of para-hydroxylation sites is 1. The van der Waals surface area contributed by atoms with Crippen molar-refractivity contribution in [1.29, 1.82) is 0 Å². The highest BCUT2D eigenvalue weighted by Crippen LogP contribution is 2.33. The van der Waals surface area contributed by atoms with Crippen LogP contribution in [0.25, 0.3) is 0 Å². The van der Waals surface area contributed by atoms with Crippen molar-refractivity contribution >= 4 is 50.9 Å². The highest BCUT2D eigenvalue weighted by atomic mass is 79.9. The zero-order valence-electron chi connectivity index (χ0n) is 13.2. The number of anilines is 1. The zero-order chi connectivity index (χ0) is 17.6. The van der Waals surface area contributed by atoms with E-state index in [4.69, 9.17) is 11.6 Å². The first-order valence-corrected chi connectivity index (χ1v) is 9.59. The normalized spacial score (nSPS) is 10.6. The molecular weight excluding hydrogens is 422 g/mol. The standard InChI is InChI=1S/C18H15BrClN3OS/c19-13-11-21-23(12-13)10-9-18(24)22-16-3-1-2-4-17(16)25-15-7-5-14(20)6-8-15/h1-8,11-12H,9-10H2,(H,22,24). The summed E-state index contributed by atoms with van der Waals surface area (Å²) < 4.78 is 2.63. The lowest BCUT2D eigenvalue weighted by atomic mass is 10.3. The third kappa shape index (κ3) is 5.36. The number of benzene rings is 2. The maximum atomic E-state index is 12.3. The predicted molar refractivity (Wildman–Crippen MR) is 105 cm³/mol. The van der Waals surface area contributed by atoms with Crippen LogP contribution in [-0.2, 0) is 11.3 Å². The van der Waals surface area contributed by atoms with Gasteiger partial charge in [0.1, 0.15) is 0 Å². The minimum absolute atomic E-state index is 0.0456. The van der Waals surface area contributed by atoms with Gasteiger partial charge < -0.3 is 5.32 Å². The fourth-order valence-electron chi connectivity index (χ4n) is 2.18. The first kappa shape index (κ1) is 18.0. The predicted octanol–water partition coefficient (Wildman–Crippen LogP) is 5.48. The van der Waals surface area contributed by atoms with Crippen molar-refractivity contribution in [3.05, 3.63) is 70.4 Å². The van der Waals surface area contributed by atoms with Crippen LogP contribution < -0.4 is 5.32 Å². The Labute approximate surface area is 163 Å². The van der Waals surface area contributed by atoms with E-state index < -0.39 is 0 Å². The number of carbonyl (C=O) groups excluding carboxylic acids is 1. The molecule has 7 heteroatoms. The van der Waals surface area contributed by atoms with E-state index in [-0.39, 0.29) is 5.91 Å². The molecule has 0 unspecified atom stereocenters. The van der Waals surface area contributed by atoms with Gasteiger partial charge in [0, 0.05) is 34.0 Å². The number of nitrogens with one attached hydrogen (secondary N) is 1. The van der Waals surface area contributed by atoms with Gasteiger partial charge in [-0.15, -0.1) is 0 Å². The lowest BCUT2D eigenvalue weighted by molar-refractivity contribution is -0.116. The number of hydrogen-bond acceptors (Lipinski definition) is 3. The Morgan fingerprint density at radius 3 is 2.68 bits per heavy atom. The second-order valence-corrected chi connectivity index (χ2v) is 7.74. The Balaban J connectivity index is 1.63. The summed E-state index contributed by atoms with van der Waals surface area (Å²) in [6, 6.07) is 15.4. The summed E-state index contributed by atoms with van der Waals surface area (Å²) in [4.78, 5) is 14.3. The van der Waals surface area contributed by atoms with Crippen LogP contribution in [0.5, 0.6) is 0 Å². The smallest absolute Gasteiger partial charge is 0.226 e. The minimum atomic E-state index is -0.0456. The Hall–Kier alpha value is -1.76. The highest BCUT2D eigenvalue weighted by Gasteiger charge is 2.09. The topological polar surface area (TPSA) is 46.9 Å². The second-order valence-electron chi connectivity index (χ2n) is 5.27. The molecule has 128 valence electrons. The fraction of sp³-hybridized carbons (Fsp3) is 0.111. The molecule has 0 aliphatic heterocycles. The van der Waals surface area contributed by atoms with E-state index in [1.165, 1.54) is 0 Å². The van der Waals surface area contributed by atoms with E-state index in [2.05, 4.69) is 26.3 Å². The van der Waals surface area contributed by atoms with E-state index in [1.807, 2.05) is 54.7 Å².